The number of para-hydroxylation sites is 1. The summed E-state index contributed by atoms with van der Waals surface area (Å²) in [5.41, 5.74) is 2.58. The van der Waals surface area contributed by atoms with Crippen LogP contribution in [-0.4, -0.2) is 28.3 Å². The molecule has 30 heavy (non-hydrogen) atoms. The lowest BCUT2D eigenvalue weighted by Gasteiger charge is -2.10. The Balaban J connectivity index is 1.64. The maximum absolute atomic E-state index is 12.9. The standard InChI is InChI=1S/C23H14Cl2N2O3/c24-15-5-6-19(25)18(11-15)22(28)13-30-23(29)17-12-21(14-7-9-26-10-8-14)27-20-4-2-1-3-16(17)20/h1-12H,13H2. The molecule has 0 bridgehead atoms. The maximum atomic E-state index is 12.9. The first-order valence-electron chi connectivity index (χ1n) is 8.98. The summed E-state index contributed by atoms with van der Waals surface area (Å²) in [6.45, 7) is -0.458. The second-order valence-electron chi connectivity index (χ2n) is 6.43. The quantitative estimate of drug-likeness (QED) is 0.298. The molecular formula is C23H14Cl2N2O3. The van der Waals surface area contributed by atoms with E-state index in [9.17, 15) is 9.59 Å². The third kappa shape index (κ3) is 4.17. The van der Waals surface area contributed by atoms with Crippen LogP contribution in [0.1, 0.15) is 20.7 Å². The summed E-state index contributed by atoms with van der Waals surface area (Å²) < 4.78 is 5.31. The van der Waals surface area contributed by atoms with Gasteiger partial charge in [0.05, 0.1) is 21.8 Å². The fourth-order valence-corrected chi connectivity index (χ4v) is 3.41. The van der Waals surface area contributed by atoms with E-state index in [1.165, 1.54) is 12.1 Å². The average Bonchev–Trinajstić information content (AvgIpc) is 2.78. The number of benzene rings is 2. The SMILES string of the molecule is O=C(COC(=O)c1cc(-c2ccncc2)nc2ccccc12)c1cc(Cl)ccc1Cl. The van der Waals surface area contributed by atoms with Crippen molar-refractivity contribution in [3.8, 4) is 11.3 Å². The molecule has 2 aromatic carbocycles. The molecule has 5 nitrogen and oxygen atoms in total. The molecule has 0 aliphatic carbocycles. The number of hydrogen-bond donors (Lipinski definition) is 0. The second-order valence-corrected chi connectivity index (χ2v) is 7.28. The van der Waals surface area contributed by atoms with Crippen molar-refractivity contribution in [2.75, 3.05) is 6.61 Å². The van der Waals surface area contributed by atoms with E-state index in [4.69, 9.17) is 27.9 Å². The summed E-state index contributed by atoms with van der Waals surface area (Å²) in [6, 6.07) is 17.1. The van der Waals surface area contributed by atoms with Crippen LogP contribution in [0.4, 0.5) is 0 Å². The summed E-state index contributed by atoms with van der Waals surface area (Å²) in [5, 5.41) is 1.25. The summed E-state index contributed by atoms with van der Waals surface area (Å²) in [6.07, 6.45) is 3.30. The number of ketones is 1. The van der Waals surface area contributed by atoms with Crippen molar-refractivity contribution in [3.63, 3.8) is 0 Å². The normalized spacial score (nSPS) is 10.7. The second kappa shape index (κ2) is 8.61. The van der Waals surface area contributed by atoms with Gasteiger partial charge in [0, 0.05) is 33.9 Å². The highest BCUT2D eigenvalue weighted by atomic mass is 35.5. The molecule has 0 amide bonds. The van der Waals surface area contributed by atoms with Crippen LogP contribution in [-0.2, 0) is 4.74 Å². The van der Waals surface area contributed by atoms with Gasteiger partial charge in [0.2, 0.25) is 5.78 Å². The molecular weight excluding hydrogens is 423 g/mol. The van der Waals surface area contributed by atoms with Gasteiger partial charge in [-0.05, 0) is 42.5 Å². The number of halogens is 2. The number of pyridine rings is 2. The number of aromatic nitrogens is 2. The number of Topliss-reactive ketones (excluding diaryl/α,β-unsaturated/α-hetero) is 1. The molecule has 0 spiro atoms. The van der Waals surface area contributed by atoms with Crippen LogP contribution < -0.4 is 0 Å². The molecule has 2 aromatic heterocycles. The van der Waals surface area contributed by atoms with Crippen molar-refractivity contribution >= 4 is 45.9 Å². The third-order valence-electron chi connectivity index (χ3n) is 4.48. The summed E-state index contributed by atoms with van der Waals surface area (Å²) in [7, 11) is 0. The van der Waals surface area contributed by atoms with Crippen LogP contribution in [0.5, 0.6) is 0 Å². The molecule has 2 heterocycles. The van der Waals surface area contributed by atoms with E-state index >= 15 is 0 Å². The van der Waals surface area contributed by atoms with Crippen LogP contribution in [0.25, 0.3) is 22.2 Å². The van der Waals surface area contributed by atoms with E-state index < -0.39 is 18.4 Å². The summed E-state index contributed by atoms with van der Waals surface area (Å²) in [4.78, 5) is 33.9. The van der Waals surface area contributed by atoms with Gasteiger partial charge in [-0.1, -0.05) is 41.4 Å². The van der Waals surface area contributed by atoms with Gasteiger partial charge in [0.25, 0.3) is 0 Å². The molecule has 0 N–H and O–H groups in total. The zero-order valence-corrected chi connectivity index (χ0v) is 17.0. The van der Waals surface area contributed by atoms with E-state index in [1.807, 2.05) is 18.2 Å². The summed E-state index contributed by atoms with van der Waals surface area (Å²) >= 11 is 12.0. The van der Waals surface area contributed by atoms with Gasteiger partial charge in [0.15, 0.2) is 6.61 Å². The monoisotopic (exact) mass is 436 g/mol. The van der Waals surface area contributed by atoms with Gasteiger partial charge in [0.1, 0.15) is 0 Å². The lowest BCUT2D eigenvalue weighted by molar-refractivity contribution is 0.0476. The molecule has 0 saturated carbocycles. The highest BCUT2D eigenvalue weighted by Crippen LogP contribution is 2.26. The van der Waals surface area contributed by atoms with Crippen molar-refractivity contribution in [2.24, 2.45) is 0 Å². The van der Waals surface area contributed by atoms with Crippen molar-refractivity contribution in [2.45, 2.75) is 0 Å². The molecule has 0 aliphatic rings. The fraction of sp³-hybridized carbons (Fsp3) is 0.0435. The Bertz CT molecular complexity index is 1260. The summed E-state index contributed by atoms with van der Waals surface area (Å²) in [5.74, 6) is -1.07. The number of carbonyl (C=O) groups excluding carboxylic acids is 2. The predicted molar refractivity (Wildman–Crippen MR) is 116 cm³/mol. The van der Waals surface area contributed by atoms with Crippen molar-refractivity contribution in [3.05, 3.63) is 94.2 Å². The van der Waals surface area contributed by atoms with E-state index in [0.29, 0.717) is 27.2 Å². The molecule has 0 atom stereocenters. The van der Waals surface area contributed by atoms with Crippen LogP contribution >= 0.6 is 23.2 Å². The van der Waals surface area contributed by atoms with Gasteiger partial charge in [-0.2, -0.15) is 0 Å². The first-order valence-corrected chi connectivity index (χ1v) is 9.74. The van der Waals surface area contributed by atoms with Crippen molar-refractivity contribution in [1.82, 2.24) is 9.97 Å². The Morgan fingerprint density at radius 1 is 0.900 bits per heavy atom. The molecule has 0 aliphatic heterocycles. The number of rotatable bonds is 5. The third-order valence-corrected chi connectivity index (χ3v) is 5.04. The Kier molecular flexibility index (Phi) is 5.74. The molecule has 0 saturated heterocycles. The lowest BCUT2D eigenvalue weighted by atomic mass is 10.0. The van der Waals surface area contributed by atoms with E-state index in [0.717, 1.165) is 5.56 Å². The number of fused-ring (bicyclic) bond motifs is 1. The highest BCUT2D eigenvalue weighted by molar-refractivity contribution is 6.36. The van der Waals surface area contributed by atoms with Gasteiger partial charge in [-0.3, -0.25) is 9.78 Å². The van der Waals surface area contributed by atoms with Crippen LogP contribution in [0, 0.1) is 0 Å². The van der Waals surface area contributed by atoms with Crippen molar-refractivity contribution in [1.29, 1.82) is 0 Å². The minimum Gasteiger partial charge on any atom is -0.454 e. The Hall–Kier alpha value is -3.28. The smallest absolute Gasteiger partial charge is 0.339 e. The number of esters is 1. The number of ether oxygens (including phenoxy) is 1. The first kappa shape index (κ1) is 20.0. The van der Waals surface area contributed by atoms with Gasteiger partial charge in [-0.25, -0.2) is 9.78 Å². The fourth-order valence-electron chi connectivity index (χ4n) is 3.01. The zero-order chi connectivity index (χ0) is 21.1. The van der Waals surface area contributed by atoms with Crippen LogP contribution in [0.2, 0.25) is 10.0 Å². The maximum Gasteiger partial charge on any atom is 0.339 e. The zero-order valence-electron chi connectivity index (χ0n) is 15.5. The number of nitrogens with zero attached hydrogens (tertiary/aromatic N) is 2. The Morgan fingerprint density at radius 3 is 2.47 bits per heavy atom. The highest BCUT2D eigenvalue weighted by Gasteiger charge is 2.18. The molecule has 0 fully saturated rings. The molecule has 7 heteroatoms. The first-order chi connectivity index (χ1) is 14.5. The Labute approximate surface area is 182 Å². The van der Waals surface area contributed by atoms with Crippen LogP contribution in [0.3, 0.4) is 0 Å². The van der Waals surface area contributed by atoms with Crippen molar-refractivity contribution < 1.29 is 14.3 Å². The van der Waals surface area contributed by atoms with E-state index in [1.54, 1.807) is 42.7 Å². The molecule has 148 valence electrons. The molecule has 4 aromatic rings. The average molecular weight is 437 g/mol. The van der Waals surface area contributed by atoms with Gasteiger partial charge < -0.3 is 4.74 Å². The minimum atomic E-state index is -0.629. The molecule has 4 rings (SSSR count). The Morgan fingerprint density at radius 2 is 1.67 bits per heavy atom. The predicted octanol–water partition coefficient (Wildman–Crippen LogP) is 5.64. The number of carbonyl (C=O) groups is 2. The van der Waals surface area contributed by atoms with Gasteiger partial charge >= 0.3 is 5.97 Å². The van der Waals surface area contributed by atoms with Crippen LogP contribution in [0.15, 0.2) is 73.1 Å². The topological polar surface area (TPSA) is 69.2 Å². The van der Waals surface area contributed by atoms with Gasteiger partial charge in [-0.15, -0.1) is 0 Å². The molecule has 0 radical (unpaired) electrons. The largest absolute Gasteiger partial charge is 0.454 e. The lowest BCUT2D eigenvalue weighted by Crippen LogP contribution is -2.15. The number of hydrogen-bond acceptors (Lipinski definition) is 5. The minimum absolute atomic E-state index is 0.203. The van der Waals surface area contributed by atoms with E-state index in [2.05, 4.69) is 9.97 Å². The van der Waals surface area contributed by atoms with E-state index in [-0.39, 0.29) is 10.6 Å². The molecule has 0 unspecified atom stereocenters.